The van der Waals surface area contributed by atoms with Crippen molar-refractivity contribution in [2.24, 2.45) is 0 Å². The van der Waals surface area contributed by atoms with Gasteiger partial charge in [-0.3, -0.25) is 13.9 Å². The van der Waals surface area contributed by atoms with Gasteiger partial charge in [0.05, 0.1) is 10.6 Å². The Hall–Kier alpha value is -3.07. The molecule has 206 valence electrons. The van der Waals surface area contributed by atoms with Crippen LogP contribution >= 0.6 is 23.2 Å². The quantitative estimate of drug-likeness (QED) is 0.331. The summed E-state index contributed by atoms with van der Waals surface area (Å²) >= 11 is 12.5. The molecule has 1 aliphatic carbocycles. The van der Waals surface area contributed by atoms with Crippen molar-refractivity contribution in [1.82, 2.24) is 10.2 Å². The lowest BCUT2D eigenvalue weighted by Gasteiger charge is -2.32. The first-order valence-electron chi connectivity index (χ1n) is 12.8. The van der Waals surface area contributed by atoms with E-state index in [0.717, 1.165) is 30.0 Å². The Balaban J connectivity index is 1.68. The van der Waals surface area contributed by atoms with Crippen LogP contribution in [0.15, 0.2) is 83.8 Å². The Kier molecular flexibility index (Phi) is 9.53. The minimum atomic E-state index is -4.13. The van der Waals surface area contributed by atoms with E-state index >= 15 is 0 Å². The summed E-state index contributed by atoms with van der Waals surface area (Å²) in [5.74, 6) is -0.829. The standard InChI is InChI=1S/C29H31Cl2N3O4S/c1-21(29(36)32-24-10-6-7-11-24)33(19-22-9-5-8-14-27(22)31)28(35)20-34(25-17-15-23(30)16-18-25)39(37,38)26-12-3-2-4-13-26/h2-5,8-9,12-18,21,24H,6-7,10-11,19-20H2,1H3,(H,32,36). The van der Waals surface area contributed by atoms with Crippen LogP contribution < -0.4 is 9.62 Å². The molecular weight excluding hydrogens is 557 g/mol. The number of hydrogen-bond acceptors (Lipinski definition) is 4. The molecule has 3 aromatic carbocycles. The van der Waals surface area contributed by atoms with Crippen LogP contribution in [-0.4, -0.2) is 43.8 Å². The molecule has 1 N–H and O–H groups in total. The molecule has 3 aromatic rings. The van der Waals surface area contributed by atoms with Crippen LogP contribution in [0.1, 0.15) is 38.2 Å². The van der Waals surface area contributed by atoms with Gasteiger partial charge in [-0.2, -0.15) is 0 Å². The van der Waals surface area contributed by atoms with Crippen LogP contribution in [0.25, 0.3) is 0 Å². The summed E-state index contributed by atoms with van der Waals surface area (Å²) in [6, 6.07) is 20.4. The number of nitrogens with zero attached hydrogens (tertiary/aromatic N) is 2. The first kappa shape index (κ1) is 28.9. The number of nitrogens with one attached hydrogen (secondary N) is 1. The highest BCUT2D eigenvalue weighted by Gasteiger charge is 2.33. The first-order chi connectivity index (χ1) is 18.7. The van der Waals surface area contributed by atoms with Gasteiger partial charge in [-0.15, -0.1) is 0 Å². The summed E-state index contributed by atoms with van der Waals surface area (Å²) in [6.07, 6.45) is 3.90. The van der Waals surface area contributed by atoms with Crippen molar-refractivity contribution in [3.05, 3.63) is 94.5 Å². The minimum Gasteiger partial charge on any atom is -0.352 e. The summed E-state index contributed by atoms with van der Waals surface area (Å²) in [6.45, 7) is 1.17. The number of sulfonamides is 1. The lowest BCUT2D eigenvalue weighted by Crippen LogP contribution is -2.52. The average molecular weight is 589 g/mol. The maximum Gasteiger partial charge on any atom is 0.264 e. The Morgan fingerprint density at radius 3 is 2.18 bits per heavy atom. The zero-order chi connectivity index (χ0) is 28.0. The molecule has 1 atom stereocenters. The lowest BCUT2D eigenvalue weighted by molar-refractivity contribution is -0.139. The van der Waals surface area contributed by atoms with Crippen LogP contribution in [0, 0.1) is 0 Å². The maximum atomic E-state index is 13.9. The Labute approximate surface area is 239 Å². The van der Waals surface area contributed by atoms with Gasteiger partial charge >= 0.3 is 0 Å². The molecule has 2 amide bonds. The molecule has 0 aromatic heterocycles. The van der Waals surface area contributed by atoms with Crippen molar-refractivity contribution in [1.29, 1.82) is 0 Å². The Morgan fingerprint density at radius 1 is 0.923 bits per heavy atom. The first-order valence-corrected chi connectivity index (χ1v) is 15.0. The van der Waals surface area contributed by atoms with Gasteiger partial charge in [-0.05, 0) is 67.8 Å². The maximum absolute atomic E-state index is 13.9. The van der Waals surface area contributed by atoms with Crippen LogP contribution in [-0.2, 0) is 26.2 Å². The second kappa shape index (κ2) is 12.9. The zero-order valence-corrected chi connectivity index (χ0v) is 23.9. The van der Waals surface area contributed by atoms with Gasteiger partial charge in [0.25, 0.3) is 10.0 Å². The summed E-state index contributed by atoms with van der Waals surface area (Å²) in [5, 5.41) is 3.93. The predicted octanol–water partition coefficient (Wildman–Crippen LogP) is 5.66. The number of anilines is 1. The molecule has 1 saturated carbocycles. The molecule has 0 radical (unpaired) electrons. The van der Waals surface area contributed by atoms with Gasteiger partial charge in [0.15, 0.2) is 0 Å². The van der Waals surface area contributed by atoms with E-state index in [2.05, 4.69) is 5.32 Å². The number of amides is 2. The summed E-state index contributed by atoms with van der Waals surface area (Å²) in [7, 11) is -4.13. The predicted molar refractivity (Wildman–Crippen MR) is 154 cm³/mol. The van der Waals surface area contributed by atoms with Gasteiger partial charge in [0.2, 0.25) is 11.8 Å². The van der Waals surface area contributed by atoms with Gasteiger partial charge in [-0.1, -0.05) is 72.4 Å². The fourth-order valence-corrected chi connectivity index (χ4v) is 6.40. The molecule has 10 heteroatoms. The van der Waals surface area contributed by atoms with Crippen LogP contribution in [0.4, 0.5) is 5.69 Å². The van der Waals surface area contributed by atoms with Gasteiger partial charge in [0, 0.05) is 22.6 Å². The lowest BCUT2D eigenvalue weighted by atomic mass is 10.1. The molecule has 1 aliphatic rings. The van der Waals surface area contributed by atoms with Crippen molar-refractivity contribution in [2.45, 2.75) is 56.1 Å². The SMILES string of the molecule is CC(C(=O)NC1CCCC1)N(Cc1ccccc1Cl)C(=O)CN(c1ccc(Cl)cc1)S(=O)(=O)c1ccccc1. The second-order valence-corrected chi connectivity index (χ2v) is 12.3. The number of carbonyl (C=O) groups excluding carboxylic acids is 2. The largest absolute Gasteiger partial charge is 0.352 e. The number of hydrogen-bond donors (Lipinski definition) is 1. The van der Waals surface area contributed by atoms with Crippen LogP contribution in [0.2, 0.25) is 10.0 Å². The number of halogens is 2. The monoisotopic (exact) mass is 587 g/mol. The Bertz CT molecular complexity index is 1400. The molecule has 0 spiro atoms. The van der Waals surface area contributed by atoms with E-state index in [1.54, 1.807) is 73.7 Å². The molecule has 0 bridgehead atoms. The van der Waals surface area contributed by atoms with Crippen molar-refractivity contribution in [2.75, 3.05) is 10.8 Å². The van der Waals surface area contributed by atoms with E-state index in [9.17, 15) is 18.0 Å². The van der Waals surface area contributed by atoms with Gasteiger partial charge < -0.3 is 10.2 Å². The van der Waals surface area contributed by atoms with Crippen molar-refractivity contribution in [3.63, 3.8) is 0 Å². The van der Waals surface area contributed by atoms with Crippen molar-refractivity contribution >= 4 is 50.7 Å². The van der Waals surface area contributed by atoms with Crippen LogP contribution in [0.5, 0.6) is 0 Å². The molecule has 39 heavy (non-hydrogen) atoms. The third kappa shape index (κ3) is 7.12. The molecule has 1 unspecified atom stereocenters. The fraction of sp³-hybridized carbons (Fsp3) is 0.310. The van der Waals surface area contributed by atoms with E-state index in [1.807, 2.05) is 0 Å². The topological polar surface area (TPSA) is 86.8 Å². The minimum absolute atomic E-state index is 0.0393. The summed E-state index contributed by atoms with van der Waals surface area (Å²) in [5.41, 5.74) is 0.925. The number of benzene rings is 3. The van der Waals surface area contributed by atoms with E-state index < -0.39 is 28.5 Å². The highest BCUT2D eigenvalue weighted by atomic mass is 35.5. The highest BCUT2D eigenvalue weighted by molar-refractivity contribution is 7.92. The van der Waals surface area contributed by atoms with Crippen molar-refractivity contribution in [3.8, 4) is 0 Å². The molecule has 7 nitrogen and oxygen atoms in total. The molecule has 4 rings (SSSR count). The summed E-state index contributed by atoms with van der Waals surface area (Å²) in [4.78, 5) is 28.6. The van der Waals surface area contributed by atoms with E-state index in [0.29, 0.717) is 15.6 Å². The number of rotatable bonds is 10. The third-order valence-electron chi connectivity index (χ3n) is 6.89. The van der Waals surface area contributed by atoms with Crippen molar-refractivity contribution < 1.29 is 18.0 Å². The zero-order valence-electron chi connectivity index (χ0n) is 21.6. The fourth-order valence-electron chi connectivity index (χ4n) is 4.64. The number of carbonyl (C=O) groups is 2. The van der Waals surface area contributed by atoms with E-state index in [4.69, 9.17) is 23.2 Å². The Morgan fingerprint density at radius 2 is 1.54 bits per heavy atom. The smallest absolute Gasteiger partial charge is 0.264 e. The van der Waals surface area contributed by atoms with Gasteiger partial charge in [0.1, 0.15) is 12.6 Å². The molecule has 0 heterocycles. The molecule has 1 fully saturated rings. The third-order valence-corrected chi connectivity index (χ3v) is 9.30. The molecular formula is C29H31Cl2N3O4S. The summed E-state index contributed by atoms with van der Waals surface area (Å²) < 4.78 is 28.5. The van der Waals surface area contributed by atoms with E-state index in [1.165, 1.54) is 17.0 Å². The normalized spacial score (nSPS) is 14.5. The van der Waals surface area contributed by atoms with Gasteiger partial charge in [-0.25, -0.2) is 8.42 Å². The average Bonchev–Trinajstić information content (AvgIpc) is 3.45. The molecule has 0 aliphatic heterocycles. The second-order valence-electron chi connectivity index (χ2n) is 9.58. The van der Waals surface area contributed by atoms with E-state index in [-0.39, 0.29) is 29.1 Å². The highest BCUT2D eigenvalue weighted by Crippen LogP contribution is 2.27. The van der Waals surface area contributed by atoms with Crippen LogP contribution in [0.3, 0.4) is 0 Å². The molecule has 0 saturated heterocycles.